The maximum absolute atomic E-state index is 12.4. The zero-order valence-corrected chi connectivity index (χ0v) is 14.5. The molecule has 0 radical (unpaired) electrons. The minimum Gasteiger partial charge on any atom is -0.357 e. The highest BCUT2D eigenvalue weighted by molar-refractivity contribution is 5.93. The highest BCUT2D eigenvalue weighted by atomic mass is 16.1. The third kappa shape index (κ3) is 3.64. The molecule has 1 aromatic carbocycles. The van der Waals surface area contributed by atoms with Gasteiger partial charge in [0.25, 0.3) is 5.91 Å². The third-order valence-corrected chi connectivity index (χ3v) is 4.82. The predicted octanol–water partition coefficient (Wildman–Crippen LogP) is 2.67. The lowest BCUT2D eigenvalue weighted by atomic mass is 9.96. The number of amides is 1. The summed E-state index contributed by atoms with van der Waals surface area (Å²) >= 11 is 0. The molecule has 0 unspecified atom stereocenters. The Morgan fingerprint density at radius 2 is 1.81 bits per heavy atom. The number of para-hydroxylation sites is 2. The van der Waals surface area contributed by atoms with Gasteiger partial charge in [0.05, 0.1) is 17.2 Å². The van der Waals surface area contributed by atoms with E-state index in [-0.39, 0.29) is 5.91 Å². The second-order valence-corrected chi connectivity index (χ2v) is 6.57. The maximum Gasteiger partial charge on any atom is 0.271 e. The highest BCUT2D eigenvalue weighted by Crippen LogP contribution is 2.21. The van der Waals surface area contributed by atoms with Crippen LogP contribution in [-0.2, 0) is 0 Å². The van der Waals surface area contributed by atoms with Crippen molar-refractivity contribution in [1.82, 2.24) is 20.3 Å². The summed E-state index contributed by atoms with van der Waals surface area (Å²) in [5.74, 6) is 1.35. The van der Waals surface area contributed by atoms with E-state index < -0.39 is 0 Å². The first-order valence-corrected chi connectivity index (χ1v) is 8.95. The minimum absolute atomic E-state index is 0.157. The third-order valence-electron chi connectivity index (χ3n) is 4.82. The van der Waals surface area contributed by atoms with E-state index in [0.717, 1.165) is 42.8 Å². The molecule has 3 heterocycles. The summed E-state index contributed by atoms with van der Waals surface area (Å²) in [5.41, 5.74) is 1.91. The van der Waals surface area contributed by atoms with Crippen molar-refractivity contribution in [3.8, 4) is 0 Å². The van der Waals surface area contributed by atoms with Gasteiger partial charge in [-0.05, 0) is 43.0 Å². The Balaban J connectivity index is 1.31. The summed E-state index contributed by atoms with van der Waals surface area (Å²) in [4.78, 5) is 27.8. The molecule has 6 nitrogen and oxygen atoms in total. The number of nitrogens with zero attached hydrogens (tertiary/aromatic N) is 4. The molecule has 6 heteroatoms. The largest absolute Gasteiger partial charge is 0.357 e. The molecule has 3 aromatic rings. The number of hydrogen-bond donors (Lipinski definition) is 1. The van der Waals surface area contributed by atoms with Crippen LogP contribution in [0.1, 0.15) is 23.3 Å². The summed E-state index contributed by atoms with van der Waals surface area (Å²) in [6.45, 7) is 2.60. The number of piperidine rings is 1. The van der Waals surface area contributed by atoms with Crippen molar-refractivity contribution >= 4 is 22.8 Å². The molecule has 4 rings (SSSR count). The fourth-order valence-electron chi connectivity index (χ4n) is 3.30. The van der Waals surface area contributed by atoms with Gasteiger partial charge in [0.15, 0.2) is 0 Å². The Morgan fingerprint density at radius 3 is 2.58 bits per heavy atom. The SMILES string of the molecule is O=C(NCC1CCN(c2ccccn2)CC1)c1cnc2ccccc2n1. The number of aromatic nitrogens is 3. The highest BCUT2D eigenvalue weighted by Gasteiger charge is 2.21. The summed E-state index contributed by atoms with van der Waals surface area (Å²) in [6.07, 6.45) is 5.45. The molecule has 26 heavy (non-hydrogen) atoms. The van der Waals surface area contributed by atoms with Crippen LogP contribution in [0.15, 0.2) is 54.9 Å². The van der Waals surface area contributed by atoms with Crippen LogP contribution in [0, 0.1) is 5.92 Å². The van der Waals surface area contributed by atoms with Gasteiger partial charge in [-0.15, -0.1) is 0 Å². The van der Waals surface area contributed by atoms with Crippen LogP contribution in [0.25, 0.3) is 11.0 Å². The van der Waals surface area contributed by atoms with Gasteiger partial charge in [0, 0.05) is 25.8 Å². The molecule has 1 amide bonds. The van der Waals surface area contributed by atoms with Crippen molar-refractivity contribution < 1.29 is 4.79 Å². The molecule has 1 saturated heterocycles. The van der Waals surface area contributed by atoms with E-state index >= 15 is 0 Å². The van der Waals surface area contributed by atoms with Crippen LogP contribution in [-0.4, -0.2) is 40.5 Å². The topological polar surface area (TPSA) is 71.0 Å². The molecule has 0 bridgehead atoms. The first-order chi connectivity index (χ1) is 12.8. The summed E-state index contributed by atoms with van der Waals surface area (Å²) in [5, 5.41) is 3.01. The fourth-order valence-corrected chi connectivity index (χ4v) is 3.30. The number of hydrogen-bond acceptors (Lipinski definition) is 5. The summed E-state index contributed by atoms with van der Waals surface area (Å²) < 4.78 is 0. The molecule has 132 valence electrons. The Bertz CT molecular complexity index is 891. The number of fused-ring (bicyclic) bond motifs is 1. The van der Waals surface area contributed by atoms with Crippen LogP contribution in [0.3, 0.4) is 0 Å². The molecule has 0 spiro atoms. The Morgan fingerprint density at radius 1 is 1.04 bits per heavy atom. The maximum atomic E-state index is 12.4. The standard InChI is InChI=1S/C20H21N5O/c26-20(18-14-22-16-5-1-2-6-17(16)24-18)23-13-15-8-11-25(12-9-15)19-7-3-4-10-21-19/h1-7,10,14-15H,8-9,11-13H2,(H,23,26). The molecule has 0 aliphatic carbocycles. The summed E-state index contributed by atoms with van der Waals surface area (Å²) in [6, 6.07) is 13.6. The van der Waals surface area contributed by atoms with Gasteiger partial charge < -0.3 is 10.2 Å². The van der Waals surface area contributed by atoms with Crippen LogP contribution in [0.4, 0.5) is 5.82 Å². The second kappa shape index (κ2) is 7.47. The van der Waals surface area contributed by atoms with Crippen molar-refractivity contribution in [3.63, 3.8) is 0 Å². The molecule has 1 N–H and O–H groups in total. The average molecular weight is 347 g/mol. The summed E-state index contributed by atoms with van der Waals surface area (Å²) in [7, 11) is 0. The first kappa shape index (κ1) is 16.4. The van der Waals surface area contributed by atoms with Gasteiger partial charge >= 0.3 is 0 Å². The second-order valence-electron chi connectivity index (χ2n) is 6.57. The number of carbonyl (C=O) groups is 1. The molecule has 1 fully saturated rings. The van der Waals surface area contributed by atoms with Crippen molar-refractivity contribution in [1.29, 1.82) is 0 Å². The van der Waals surface area contributed by atoms with Crippen LogP contribution >= 0.6 is 0 Å². The molecule has 0 saturated carbocycles. The Labute approximate surface area is 152 Å². The molecular formula is C20H21N5O. The lowest BCUT2D eigenvalue weighted by Crippen LogP contribution is -2.39. The normalized spacial score (nSPS) is 15.2. The van der Waals surface area contributed by atoms with E-state index in [9.17, 15) is 4.79 Å². The van der Waals surface area contributed by atoms with Gasteiger partial charge in [0.1, 0.15) is 11.5 Å². The fraction of sp³-hybridized carbons (Fsp3) is 0.300. The van der Waals surface area contributed by atoms with Gasteiger partial charge in [-0.25, -0.2) is 9.97 Å². The zero-order chi connectivity index (χ0) is 17.8. The first-order valence-electron chi connectivity index (χ1n) is 8.95. The number of carbonyl (C=O) groups excluding carboxylic acids is 1. The Kier molecular flexibility index (Phi) is 4.73. The quantitative estimate of drug-likeness (QED) is 0.786. The van der Waals surface area contributed by atoms with Crippen LogP contribution in [0.5, 0.6) is 0 Å². The molecule has 0 atom stereocenters. The van der Waals surface area contributed by atoms with E-state index in [4.69, 9.17) is 0 Å². The van der Waals surface area contributed by atoms with Crippen LogP contribution in [0.2, 0.25) is 0 Å². The zero-order valence-electron chi connectivity index (χ0n) is 14.5. The van der Waals surface area contributed by atoms with Crippen molar-refractivity contribution in [2.75, 3.05) is 24.5 Å². The number of rotatable bonds is 4. The van der Waals surface area contributed by atoms with E-state index in [2.05, 4.69) is 25.2 Å². The lowest BCUT2D eigenvalue weighted by molar-refractivity contribution is 0.0940. The number of benzene rings is 1. The van der Waals surface area contributed by atoms with E-state index in [1.807, 2.05) is 48.7 Å². The van der Waals surface area contributed by atoms with E-state index in [1.165, 1.54) is 0 Å². The van der Waals surface area contributed by atoms with Crippen molar-refractivity contribution in [2.45, 2.75) is 12.8 Å². The predicted molar refractivity (Wildman–Crippen MR) is 101 cm³/mol. The molecule has 2 aromatic heterocycles. The van der Waals surface area contributed by atoms with Crippen molar-refractivity contribution in [3.05, 3.63) is 60.6 Å². The smallest absolute Gasteiger partial charge is 0.271 e. The average Bonchev–Trinajstić information content (AvgIpc) is 2.72. The monoisotopic (exact) mass is 347 g/mol. The lowest BCUT2D eigenvalue weighted by Gasteiger charge is -2.32. The van der Waals surface area contributed by atoms with Gasteiger partial charge in [-0.3, -0.25) is 9.78 Å². The van der Waals surface area contributed by atoms with Gasteiger partial charge in [-0.1, -0.05) is 18.2 Å². The van der Waals surface area contributed by atoms with E-state index in [0.29, 0.717) is 18.2 Å². The number of anilines is 1. The van der Waals surface area contributed by atoms with Gasteiger partial charge in [0.2, 0.25) is 0 Å². The number of nitrogens with one attached hydrogen (secondary N) is 1. The minimum atomic E-state index is -0.157. The number of pyridine rings is 1. The molecule has 1 aliphatic rings. The van der Waals surface area contributed by atoms with Gasteiger partial charge in [-0.2, -0.15) is 0 Å². The van der Waals surface area contributed by atoms with Crippen molar-refractivity contribution in [2.24, 2.45) is 5.92 Å². The van der Waals surface area contributed by atoms with Crippen LogP contribution < -0.4 is 10.2 Å². The molecular weight excluding hydrogens is 326 g/mol. The van der Waals surface area contributed by atoms with E-state index in [1.54, 1.807) is 6.20 Å². The Hall–Kier alpha value is -3.02. The molecule has 1 aliphatic heterocycles.